The number of urea groups is 1. The summed E-state index contributed by atoms with van der Waals surface area (Å²) in [6.45, 7) is 3.48. The molecule has 166 valence electrons. The molecule has 0 radical (unpaired) electrons. The molecule has 1 atom stereocenters. The van der Waals surface area contributed by atoms with E-state index in [-0.39, 0.29) is 12.1 Å². The van der Waals surface area contributed by atoms with Crippen molar-refractivity contribution < 1.29 is 14.3 Å². The number of hydrogen-bond acceptors (Lipinski definition) is 5. The first-order valence-electron chi connectivity index (χ1n) is 10.9. The maximum atomic E-state index is 13.0. The Morgan fingerprint density at radius 3 is 2.55 bits per heavy atom. The van der Waals surface area contributed by atoms with E-state index in [4.69, 9.17) is 9.47 Å². The van der Waals surface area contributed by atoms with Crippen LogP contribution in [0.2, 0.25) is 0 Å². The van der Waals surface area contributed by atoms with Crippen molar-refractivity contribution in [1.82, 2.24) is 10.2 Å². The topological polar surface area (TPSA) is 54.0 Å². The Morgan fingerprint density at radius 1 is 1.06 bits per heavy atom. The molecule has 2 heterocycles. The van der Waals surface area contributed by atoms with Gasteiger partial charge in [-0.3, -0.25) is 0 Å². The summed E-state index contributed by atoms with van der Waals surface area (Å²) in [5, 5.41) is 3.10. The van der Waals surface area contributed by atoms with Crippen molar-refractivity contribution in [2.75, 3.05) is 50.3 Å². The molecule has 2 aliphatic rings. The summed E-state index contributed by atoms with van der Waals surface area (Å²) >= 11 is 2.01. The van der Waals surface area contributed by atoms with E-state index in [0.29, 0.717) is 6.54 Å². The molecule has 2 aliphatic heterocycles. The normalized spacial score (nSPS) is 18.7. The lowest BCUT2D eigenvalue weighted by atomic mass is 10.0. The van der Waals surface area contributed by atoms with Crippen LogP contribution in [-0.2, 0) is 6.54 Å². The molecule has 6 nitrogen and oxygen atoms in total. The number of nitrogens with zero attached hydrogens (tertiary/aromatic N) is 2. The number of carbonyl (C=O) groups is 1. The molecule has 0 bridgehead atoms. The van der Waals surface area contributed by atoms with Gasteiger partial charge in [-0.15, -0.1) is 0 Å². The van der Waals surface area contributed by atoms with Gasteiger partial charge in [0.1, 0.15) is 11.5 Å². The Kier molecular flexibility index (Phi) is 7.12. The highest BCUT2D eigenvalue weighted by Gasteiger charge is 2.32. The van der Waals surface area contributed by atoms with Crippen molar-refractivity contribution in [3.63, 3.8) is 0 Å². The van der Waals surface area contributed by atoms with Crippen LogP contribution in [0.3, 0.4) is 0 Å². The molecule has 0 aliphatic carbocycles. The number of carbonyl (C=O) groups excluding carboxylic acids is 1. The van der Waals surface area contributed by atoms with Crippen LogP contribution < -0.4 is 19.7 Å². The summed E-state index contributed by atoms with van der Waals surface area (Å²) in [6.07, 6.45) is 1.91. The number of nitrogens with one attached hydrogen (secondary N) is 1. The number of amides is 2. The third-order valence-electron chi connectivity index (χ3n) is 6.07. The highest BCUT2D eigenvalue weighted by molar-refractivity contribution is 7.99. The van der Waals surface area contributed by atoms with Crippen molar-refractivity contribution in [2.45, 2.75) is 25.4 Å². The monoisotopic (exact) mass is 441 g/mol. The van der Waals surface area contributed by atoms with Crippen LogP contribution in [0.1, 0.15) is 30.0 Å². The summed E-state index contributed by atoms with van der Waals surface area (Å²) in [5.74, 6) is 3.89. The quantitative estimate of drug-likeness (QED) is 0.724. The molecule has 2 amide bonds. The van der Waals surface area contributed by atoms with E-state index in [1.165, 1.54) is 17.2 Å². The molecule has 2 fully saturated rings. The minimum Gasteiger partial charge on any atom is -0.497 e. The van der Waals surface area contributed by atoms with Crippen LogP contribution >= 0.6 is 11.8 Å². The molecule has 31 heavy (non-hydrogen) atoms. The predicted octanol–water partition coefficient (Wildman–Crippen LogP) is 4.30. The fourth-order valence-corrected chi connectivity index (χ4v) is 5.26. The van der Waals surface area contributed by atoms with E-state index < -0.39 is 0 Å². The maximum Gasteiger partial charge on any atom is 0.318 e. The van der Waals surface area contributed by atoms with Crippen molar-refractivity contribution in [3.05, 3.63) is 53.6 Å². The lowest BCUT2D eigenvalue weighted by Gasteiger charge is -2.28. The first kappa shape index (κ1) is 21.7. The highest BCUT2D eigenvalue weighted by Crippen LogP contribution is 2.38. The van der Waals surface area contributed by atoms with Gasteiger partial charge < -0.3 is 24.6 Å². The largest absolute Gasteiger partial charge is 0.497 e. The molecular formula is C24H31N3O3S. The van der Waals surface area contributed by atoms with E-state index in [1.54, 1.807) is 14.2 Å². The first-order chi connectivity index (χ1) is 15.2. The van der Waals surface area contributed by atoms with Gasteiger partial charge in [0.15, 0.2) is 0 Å². The van der Waals surface area contributed by atoms with Crippen LogP contribution in [0.5, 0.6) is 11.5 Å². The van der Waals surface area contributed by atoms with Gasteiger partial charge in [0.2, 0.25) is 0 Å². The van der Waals surface area contributed by atoms with Gasteiger partial charge in [-0.1, -0.05) is 12.1 Å². The number of anilines is 1. The van der Waals surface area contributed by atoms with Gasteiger partial charge in [-0.2, -0.15) is 11.8 Å². The standard InChI is InChI=1S/C24H31N3O3S/c1-29-20-9-10-21(23(16-20)30-2)22-4-3-11-27(22)24(28)25-17-18-5-7-19(8-6-18)26-12-14-31-15-13-26/h5-10,16,22H,3-4,11-15,17H2,1-2H3,(H,25,28). The summed E-state index contributed by atoms with van der Waals surface area (Å²) < 4.78 is 10.9. The van der Waals surface area contributed by atoms with E-state index in [2.05, 4.69) is 34.5 Å². The molecule has 1 N–H and O–H groups in total. The number of rotatable bonds is 6. The average Bonchev–Trinajstić information content (AvgIpc) is 3.33. The van der Waals surface area contributed by atoms with Gasteiger partial charge in [0, 0.05) is 55.0 Å². The van der Waals surface area contributed by atoms with Crippen molar-refractivity contribution >= 4 is 23.5 Å². The second kappa shape index (κ2) is 10.2. The predicted molar refractivity (Wildman–Crippen MR) is 126 cm³/mol. The average molecular weight is 442 g/mol. The molecule has 2 aromatic carbocycles. The van der Waals surface area contributed by atoms with Crippen LogP contribution in [0.4, 0.5) is 10.5 Å². The summed E-state index contributed by atoms with van der Waals surface area (Å²) in [7, 11) is 3.30. The van der Waals surface area contributed by atoms with E-state index in [9.17, 15) is 4.79 Å². The summed E-state index contributed by atoms with van der Waals surface area (Å²) in [5.41, 5.74) is 3.41. The molecule has 0 saturated carbocycles. The zero-order valence-corrected chi connectivity index (χ0v) is 19.1. The molecule has 0 spiro atoms. The summed E-state index contributed by atoms with van der Waals surface area (Å²) in [4.78, 5) is 17.3. The van der Waals surface area contributed by atoms with E-state index in [1.807, 2.05) is 34.9 Å². The fourth-order valence-electron chi connectivity index (χ4n) is 4.35. The van der Waals surface area contributed by atoms with Crippen molar-refractivity contribution in [2.24, 2.45) is 0 Å². The second-order valence-electron chi connectivity index (χ2n) is 7.88. The Hall–Kier alpha value is -2.54. The Morgan fingerprint density at radius 2 is 1.84 bits per heavy atom. The highest BCUT2D eigenvalue weighted by atomic mass is 32.2. The third-order valence-corrected chi connectivity index (χ3v) is 7.01. The van der Waals surface area contributed by atoms with Crippen LogP contribution in [0.25, 0.3) is 0 Å². The number of methoxy groups -OCH3 is 2. The third kappa shape index (κ3) is 5.03. The number of benzene rings is 2. The number of ether oxygens (including phenoxy) is 2. The van der Waals surface area contributed by atoms with Gasteiger partial charge in [0.05, 0.1) is 20.3 Å². The second-order valence-corrected chi connectivity index (χ2v) is 9.11. The lowest BCUT2D eigenvalue weighted by Crippen LogP contribution is -2.39. The number of thioether (sulfide) groups is 1. The van der Waals surface area contributed by atoms with Gasteiger partial charge in [0.25, 0.3) is 0 Å². The van der Waals surface area contributed by atoms with Crippen LogP contribution in [-0.4, -0.2) is 56.3 Å². The molecule has 7 heteroatoms. The molecule has 1 unspecified atom stereocenters. The molecule has 0 aromatic heterocycles. The van der Waals surface area contributed by atoms with Crippen molar-refractivity contribution in [1.29, 1.82) is 0 Å². The number of hydrogen-bond donors (Lipinski definition) is 1. The number of likely N-dealkylation sites (tertiary alicyclic amines) is 1. The molecule has 2 saturated heterocycles. The zero-order chi connectivity index (χ0) is 21.6. The SMILES string of the molecule is COc1ccc(C2CCCN2C(=O)NCc2ccc(N3CCSCC3)cc2)c(OC)c1. The van der Waals surface area contributed by atoms with Crippen molar-refractivity contribution in [3.8, 4) is 11.5 Å². The molecule has 2 aromatic rings. The smallest absolute Gasteiger partial charge is 0.318 e. The van der Waals surface area contributed by atoms with Gasteiger partial charge in [-0.05, 0) is 42.7 Å². The van der Waals surface area contributed by atoms with E-state index >= 15 is 0 Å². The van der Waals surface area contributed by atoms with Crippen LogP contribution in [0.15, 0.2) is 42.5 Å². The Bertz CT molecular complexity index is 884. The minimum absolute atomic E-state index is 0.0141. The Labute approximate surface area is 188 Å². The molecular weight excluding hydrogens is 410 g/mol. The van der Waals surface area contributed by atoms with E-state index in [0.717, 1.165) is 55.1 Å². The maximum absolute atomic E-state index is 13.0. The molecule has 4 rings (SSSR count). The first-order valence-corrected chi connectivity index (χ1v) is 12.0. The summed E-state index contributed by atoms with van der Waals surface area (Å²) in [6, 6.07) is 14.4. The minimum atomic E-state index is -0.0301. The van der Waals surface area contributed by atoms with Crippen LogP contribution in [0, 0.1) is 0 Å². The lowest BCUT2D eigenvalue weighted by molar-refractivity contribution is 0.191. The Balaban J connectivity index is 1.38. The fraction of sp³-hybridized carbons (Fsp3) is 0.458. The zero-order valence-electron chi connectivity index (χ0n) is 18.3. The van der Waals surface area contributed by atoms with Gasteiger partial charge in [-0.25, -0.2) is 4.79 Å². The van der Waals surface area contributed by atoms with Gasteiger partial charge >= 0.3 is 6.03 Å².